The van der Waals surface area contributed by atoms with Crippen LogP contribution in [-0.4, -0.2) is 16.8 Å². The average molecular weight is 400 g/mol. The first-order chi connectivity index (χ1) is 13.0. The molecule has 7 heteroatoms. The van der Waals surface area contributed by atoms with Crippen LogP contribution in [0.1, 0.15) is 24.9 Å². The summed E-state index contributed by atoms with van der Waals surface area (Å²) in [5.41, 5.74) is 2.45. The number of rotatable bonds is 6. The summed E-state index contributed by atoms with van der Waals surface area (Å²) in [5, 5.41) is 9.10. The standard InChI is InChI=1S/C20H18ClN3O2S/c1-13(25)23-18(14-5-7-16(21)8-6-14)12-19(26)24-17-4-2-3-15(11-17)20-22-9-10-27-20/h2-11,18H,12H2,1H3,(H,23,25)(H,24,26). The first kappa shape index (κ1) is 19.1. The zero-order chi connectivity index (χ0) is 19.2. The summed E-state index contributed by atoms with van der Waals surface area (Å²) in [7, 11) is 0. The number of amides is 2. The second-order valence-electron chi connectivity index (χ2n) is 5.98. The van der Waals surface area contributed by atoms with Crippen molar-refractivity contribution in [2.75, 3.05) is 5.32 Å². The number of nitrogens with zero attached hydrogens (tertiary/aromatic N) is 1. The Morgan fingerprint density at radius 3 is 2.63 bits per heavy atom. The number of benzene rings is 2. The van der Waals surface area contributed by atoms with Crippen LogP contribution in [0.25, 0.3) is 10.6 Å². The number of hydrogen-bond donors (Lipinski definition) is 2. The molecule has 1 aromatic heterocycles. The maximum Gasteiger partial charge on any atom is 0.226 e. The van der Waals surface area contributed by atoms with Crippen molar-refractivity contribution in [3.05, 3.63) is 70.7 Å². The van der Waals surface area contributed by atoms with Crippen molar-refractivity contribution in [1.29, 1.82) is 0 Å². The highest BCUT2D eigenvalue weighted by Gasteiger charge is 2.17. The number of nitrogens with one attached hydrogen (secondary N) is 2. The Kier molecular flexibility index (Phi) is 6.21. The van der Waals surface area contributed by atoms with E-state index in [2.05, 4.69) is 15.6 Å². The lowest BCUT2D eigenvalue weighted by Crippen LogP contribution is -2.29. The molecule has 2 N–H and O–H groups in total. The van der Waals surface area contributed by atoms with E-state index in [-0.39, 0.29) is 18.2 Å². The first-order valence-electron chi connectivity index (χ1n) is 8.33. The molecule has 1 heterocycles. The van der Waals surface area contributed by atoms with Gasteiger partial charge in [-0.15, -0.1) is 11.3 Å². The van der Waals surface area contributed by atoms with Crippen molar-refractivity contribution in [3.8, 4) is 10.6 Å². The van der Waals surface area contributed by atoms with Crippen molar-refractivity contribution >= 4 is 40.4 Å². The quantitative estimate of drug-likeness (QED) is 0.632. The summed E-state index contributed by atoms with van der Waals surface area (Å²) in [4.78, 5) is 28.4. The molecule has 0 spiro atoms. The lowest BCUT2D eigenvalue weighted by atomic mass is 10.0. The maximum atomic E-state index is 12.5. The van der Waals surface area contributed by atoms with Crippen LogP contribution < -0.4 is 10.6 Å². The summed E-state index contributed by atoms with van der Waals surface area (Å²) in [6.07, 6.45) is 1.86. The fourth-order valence-electron chi connectivity index (χ4n) is 2.69. The van der Waals surface area contributed by atoms with E-state index in [1.54, 1.807) is 30.5 Å². The molecule has 3 aromatic rings. The third-order valence-electron chi connectivity index (χ3n) is 3.86. The lowest BCUT2D eigenvalue weighted by Gasteiger charge is -2.18. The molecule has 138 valence electrons. The maximum absolute atomic E-state index is 12.5. The van der Waals surface area contributed by atoms with Crippen LogP contribution >= 0.6 is 22.9 Å². The number of anilines is 1. The van der Waals surface area contributed by atoms with Crippen molar-refractivity contribution in [2.24, 2.45) is 0 Å². The molecule has 0 saturated heterocycles. The molecule has 5 nitrogen and oxygen atoms in total. The Hall–Kier alpha value is -2.70. The van der Waals surface area contributed by atoms with Crippen LogP contribution in [0.4, 0.5) is 5.69 Å². The van der Waals surface area contributed by atoms with Gasteiger partial charge in [-0.3, -0.25) is 9.59 Å². The highest BCUT2D eigenvalue weighted by molar-refractivity contribution is 7.13. The van der Waals surface area contributed by atoms with Crippen LogP contribution in [0.2, 0.25) is 5.02 Å². The molecule has 1 unspecified atom stereocenters. The molecule has 0 aliphatic heterocycles. The zero-order valence-electron chi connectivity index (χ0n) is 14.6. The van der Waals surface area contributed by atoms with Gasteiger partial charge in [-0.1, -0.05) is 35.9 Å². The Balaban J connectivity index is 1.71. The minimum absolute atomic E-state index is 0.114. The molecule has 0 radical (unpaired) electrons. The van der Waals surface area contributed by atoms with Gasteiger partial charge >= 0.3 is 0 Å². The van der Waals surface area contributed by atoms with Gasteiger partial charge in [0.15, 0.2) is 0 Å². The SMILES string of the molecule is CC(=O)NC(CC(=O)Nc1cccc(-c2nccs2)c1)c1ccc(Cl)cc1. The van der Waals surface area contributed by atoms with E-state index in [4.69, 9.17) is 11.6 Å². The molecule has 27 heavy (non-hydrogen) atoms. The minimum Gasteiger partial charge on any atom is -0.349 e. The van der Waals surface area contributed by atoms with Crippen molar-refractivity contribution in [3.63, 3.8) is 0 Å². The first-order valence-corrected chi connectivity index (χ1v) is 9.59. The van der Waals surface area contributed by atoms with E-state index in [0.717, 1.165) is 16.1 Å². The number of thiazole rings is 1. The van der Waals surface area contributed by atoms with Gasteiger partial charge in [-0.05, 0) is 29.8 Å². The fraction of sp³-hybridized carbons (Fsp3) is 0.150. The highest BCUT2D eigenvalue weighted by Crippen LogP contribution is 2.25. The summed E-state index contributed by atoms with van der Waals surface area (Å²) in [6, 6.07) is 14.2. The van der Waals surface area contributed by atoms with E-state index in [0.29, 0.717) is 10.7 Å². The highest BCUT2D eigenvalue weighted by atomic mass is 35.5. The third-order valence-corrected chi connectivity index (χ3v) is 4.94. The second kappa shape index (κ2) is 8.79. The van der Waals surface area contributed by atoms with E-state index in [1.165, 1.54) is 18.3 Å². The van der Waals surface area contributed by atoms with Crippen LogP contribution in [0.3, 0.4) is 0 Å². The molecule has 0 aliphatic rings. The van der Waals surface area contributed by atoms with Crippen LogP contribution in [-0.2, 0) is 9.59 Å². The Morgan fingerprint density at radius 2 is 1.96 bits per heavy atom. The summed E-state index contributed by atoms with van der Waals surface area (Å²) in [6.45, 7) is 1.43. The van der Waals surface area contributed by atoms with E-state index < -0.39 is 6.04 Å². The third kappa shape index (κ3) is 5.39. The lowest BCUT2D eigenvalue weighted by molar-refractivity contribution is -0.120. The van der Waals surface area contributed by atoms with Crippen LogP contribution in [0, 0.1) is 0 Å². The van der Waals surface area contributed by atoms with E-state index in [1.807, 2.05) is 29.6 Å². The predicted molar refractivity (Wildman–Crippen MR) is 109 cm³/mol. The van der Waals surface area contributed by atoms with Gasteiger partial charge in [-0.25, -0.2) is 4.98 Å². The van der Waals surface area contributed by atoms with Crippen molar-refractivity contribution in [1.82, 2.24) is 10.3 Å². The van der Waals surface area contributed by atoms with Gasteiger partial charge in [0.25, 0.3) is 0 Å². The van der Waals surface area contributed by atoms with Crippen LogP contribution in [0.5, 0.6) is 0 Å². The molecular formula is C20H18ClN3O2S. The minimum atomic E-state index is -0.429. The van der Waals surface area contributed by atoms with Gasteiger partial charge < -0.3 is 10.6 Å². The number of carbonyl (C=O) groups is 2. The molecule has 1 atom stereocenters. The van der Waals surface area contributed by atoms with Crippen molar-refractivity contribution in [2.45, 2.75) is 19.4 Å². The predicted octanol–water partition coefficient (Wildman–Crippen LogP) is 4.67. The number of carbonyl (C=O) groups excluding carboxylic acids is 2. The molecule has 0 bridgehead atoms. The summed E-state index contributed by atoms with van der Waals surface area (Å²) >= 11 is 7.46. The van der Waals surface area contributed by atoms with Crippen LogP contribution in [0.15, 0.2) is 60.1 Å². The van der Waals surface area contributed by atoms with Gasteiger partial charge in [0.2, 0.25) is 11.8 Å². The normalized spacial score (nSPS) is 11.6. The Bertz CT molecular complexity index is 927. The Morgan fingerprint density at radius 1 is 1.19 bits per heavy atom. The average Bonchev–Trinajstić information content (AvgIpc) is 3.16. The largest absolute Gasteiger partial charge is 0.349 e. The number of aromatic nitrogens is 1. The van der Waals surface area contributed by atoms with E-state index in [9.17, 15) is 9.59 Å². The summed E-state index contributed by atoms with van der Waals surface area (Å²) in [5.74, 6) is -0.395. The fourth-order valence-corrected chi connectivity index (χ4v) is 3.45. The molecular weight excluding hydrogens is 382 g/mol. The van der Waals surface area contributed by atoms with Gasteiger partial charge in [0.1, 0.15) is 5.01 Å². The molecule has 2 amide bonds. The molecule has 3 rings (SSSR count). The number of halogens is 1. The molecule has 0 fully saturated rings. The topological polar surface area (TPSA) is 71.1 Å². The zero-order valence-corrected chi connectivity index (χ0v) is 16.2. The van der Waals surface area contributed by atoms with Crippen molar-refractivity contribution < 1.29 is 9.59 Å². The van der Waals surface area contributed by atoms with Gasteiger partial charge in [-0.2, -0.15) is 0 Å². The molecule has 0 aliphatic carbocycles. The smallest absolute Gasteiger partial charge is 0.226 e. The monoisotopic (exact) mass is 399 g/mol. The van der Waals surface area contributed by atoms with Gasteiger partial charge in [0, 0.05) is 34.8 Å². The second-order valence-corrected chi connectivity index (χ2v) is 7.31. The molecule has 2 aromatic carbocycles. The molecule has 0 saturated carbocycles. The Labute approximate surface area is 166 Å². The van der Waals surface area contributed by atoms with E-state index >= 15 is 0 Å². The summed E-state index contributed by atoms with van der Waals surface area (Å²) < 4.78 is 0. The number of hydrogen-bond acceptors (Lipinski definition) is 4. The van der Waals surface area contributed by atoms with Gasteiger partial charge in [0.05, 0.1) is 12.5 Å².